The zero-order valence-corrected chi connectivity index (χ0v) is 13.1. The number of alkyl halides is 3. The molecule has 2 aromatic rings. The molecule has 0 unspecified atom stereocenters. The van der Waals surface area contributed by atoms with E-state index in [4.69, 9.17) is 9.15 Å². The van der Waals surface area contributed by atoms with E-state index in [1.54, 1.807) is 0 Å². The van der Waals surface area contributed by atoms with Gasteiger partial charge in [0.15, 0.2) is 5.71 Å². The van der Waals surface area contributed by atoms with E-state index in [9.17, 15) is 26.4 Å². The standard InChI is InChI=1S/C13H10F3NO6S/c1-21-8-4-3-7-5-9(12(18)22-10(7)6-8)11(13(14,15)16)17-23-24(2,19)20/h3-6H,1-2H3/b17-11+. The number of halogens is 3. The quantitative estimate of drug-likeness (QED) is 0.467. The fourth-order valence-corrected chi connectivity index (χ4v) is 1.95. The second kappa shape index (κ2) is 6.15. The van der Waals surface area contributed by atoms with E-state index in [1.165, 1.54) is 25.3 Å². The number of rotatable bonds is 4. The first-order valence-corrected chi connectivity index (χ1v) is 7.99. The SMILES string of the molecule is COc1ccc2cc(/C(=N\OS(C)(=O)=O)C(F)(F)F)c(=O)oc2c1. The van der Waals surface area contributed by atoms with Gasteiger partial charge in [0.2, 0.25) is 0 Å². The highest BCUT2D eigenvalue weighted by Crippen LogP contribution is 2.25. The molecule has 7 nitrogen and oxygen atoms in total. The zero-order chi connectivity index (χ0) is 18.1. The van der Waals surface area contributed by atoms with Crippen LogP contribution in [0.5, 0.6) is 5.75 Å². The molecule has 1 aromatic carbocycles. The fraction of sp³-hybridized carbons (Fsp3) is 0.231. The van der Waals surface area contributed by atoms with Gasteiger partial charge in [-0.15, -0.1) is 0 Å². The van der Waals surface area contributed by atoms with Gasteiger partial charge >= 0.3 is 21.9 Å². The maximum atomic E-state index is 13.1. The highest BCUT2D eigenvalue weighted by atomic mass is 32.2. The van der Waals surface area contributed by atoms with Gasteiger partial charge in [0.05, 0.1) is 18.9 Å². The topological polar surface area (TPSA) is 95.2 Å². The predicted molar refractivity (Wildman–Crippen MR) is 77.6 cm³/mol. The van der Waals surface area contributed by atoms with E-state index < -0.39 is 33.2 Å². The number of oxime groups is 1. The summed E-state index contributed by atoms with van der Waals surface area (Å²) in [6.45, 7) is 0. The summed E-state index contributed by atoms with van der Waals surface area (Å²) in [6.07, 6.45) is -4.63. The molecule has 0 aliphatic carbocycles. The van der Waals surface area contributed by atoms with Crippen molar-refractivity contribution in [2.24, 2.45) is 5.16 Å². The molecule has 1 heterocycles. The largest absolute Gasteiger partial charge is 0.497 e. The van der Waals surface area contributed by atoms with Crippen molar-refractivity contribution in [1.29, 1.82) is 0 Å². The third kappa shape index (κ3) is 4.04. The Bertz CT molecular complexity index is 962. The highest BCUT2D eigenvalue weighted by Gasteiger charge is 2.40. The van der Waals surface area contributed by atoms with Gasteiger partial charge in [-0.1, -0.05) is 5.16 Å². The Kier molecular flexibility index (Phi) is 4.56. The average Bonchev–Trinajstić information content (AvgIpc) is 2.44. The normalized spacial score (nSPS) is 13.1. The first kappa shape index (κ1) is 17.8. The molecule has 0 atom stereocenters. The minimum atomic E-state index is -5.14. The molecular formula is C13H10F3NO6S. The maximum Gasteiger partial charge on any atom is 0.437 e. The van der Waals surface area contributed by atoms with Gasteiger partial charge in [-0.05, 0) is 18.2 Å². The third-order valence-electron chi connectivity index (χ3n) is 2.73. The smallest absolute Gasteiger partial charge is 0.437 e. The maximum absolute atomic E-state index is 13.1. The van der Waals surface area contributed by atoms with Crippen LogP contribution >= 0.6 is 0 Å². The molecule has 0 aliphatic rings. The van der Waals surface area contributed by atoms with Crippen LogP contribution in [-0.4, -0.2) is 33.7 Å². The molecule has 130 valence electrons. The lowest BCUT2D eigenvalue weighted by Crippen LogP contribution is -2.29. The van der Waals surface area contributed by atoms with E-state index in [1.807, 2.05) is 0 Å². The zero-order valence-electron chi connectivity index (χ0n) is 12.2. The molecule has 0 spiro atoms. The molecule has 0 bridgehead atoms. The van der Waals surface area contributed by atoms with Gasteiger partial charge in [0.1, 0.15) is 11.3 Å². The Balaban J connectivity index is 2.66. The van der Waals surface area contributed by atoms with Crippen LogP contribution in [0.1, 0.15) is 5.56 Å². The number of hydrogen-bond donors (Lipinski definition) is 0. The molecule has 11 heteroatoms. The summed E-state index contributed by atoms with van der Waals surface area (Å²) >= 11 is 0. The van der Waals surface area contributed by atoms with Gasteiger partial charge in [-0.2, -0.15) is 21.6 Å². The van der Waals surface area contributed by atoms with Crippen LogP contribution in [0.3, 0.4) is 0 Å². The second-order valence-electron chi connectivity index (χ2n) is 4.57. The minimum Gasteiger partial charge on any atom is -0.497 e. The van der Waals surface area contributed by atoms with Crippen LogP contribution in [-0.2, 0) is 14.4 Å². The fourth-order valence-electron chi connectivity index (χ4n) is 1.74. The number of fused-ring (bicyclic) bond motifs is 1. The number of ether oxygens (including phenoxy) is 1. The Morgan fingerprint density at radius 1 is 1.25 bits per heavy atom. The van der Waals surface area contributed by atoms with Crippen molar-refractivity contribution in [1.82, 2.24) is 0 Å². The summed E-state index contributed by atoms with van der Waals surface area (Å²) in [4.78, 5) is 11.9. The van der Waals surface area contributed by atoms with Crippen molar-refractivity contribution in [2.45, 2.75) is 6.18 Å². The van der Waals surface area contributed by atoms with Gasteiger partial charge in [0, 0.05) is 11.5 Å². The monoisotopic (exact) mass is 365 g/mol. The Labute approximate surface area is 133 Å². The van der Waals surface area contributed by atoms with Crippen LogP contribution < -0.4 is 10.4 Å². The van der Waals surface area contributed by atoms with Crippen molar-refractivity contribution < 1.29 is 35.0 Å². The van der Waals surface area contributed by atoms with E-state index in [0.717, 1.165) is 6.07 Å². The lowest BCUT2D eigenvalue weighted by Gasteiger charge is -2.09. The van der Waals surface area contributed by atoms with Crippen LogP contribution in [0.2, 0.25) is 0 Å². The molecular weight excluding hydrogens is 355 g/mol. The number of benzene rings is 1. The van der Waals surface area contributed by atoms with Crippen LogP contribution in [0, 0.1) is 0 Å². The summed E-state index contributed by atoms with van der Waals surface area (Å²) in [6, 6.07) is 5.01. The summed E-state index contributed by atoms with van der Waals surface area (Å²) < 4.78 is 74.5. The molecule has 1 aromatic heterocycles. The molecule has 0 saturated carbocycles. The summed E-state index contributed by atoms with van der Waals surface area (Å²) in [5.41, 5.74) is -4.17. The van der Waals surface area contributed by atoms with E-state index >= 15 is 0 Å². The second-order valence-corrected chi connectivity index (χ2v) is 6.12. The lowest BCUT2D eigenvalue weighted by molar-refractivity contribution is -0.0598. The van der Waals surface area contributed by atoms with E-state index in [0.29, 0.717) is 12.0 Å². The molecule has 0 radical (unpaired) electrons. The molecule has 0 saturated heterocycles. The van der Waals surface area contributed by atoms with Gasteiger partial charge in [0.25, 0.3) is 0 Å². The Hall–Kier alpha value is -2.56. The lowest BCUT2D eigenvalue weighted by atomic mass is 10.1. The predicted octanol–water partition coefficient (Wildman–Crippen LogP) is 2.04. The van der Waals surface area contributed by atoms with Crippen molar-refractivity contribution in [3.05, 3.63) is 40.2 Å². The molecule has 0 aliphatic heterocycles. The molecule has 0 N–H and O–H groups in total. The summed E-state index contributed by atoms with van der Waals surface area (Å²) in [7, 11) is -2.92. The summed E-state index contributed by atoms with van der Waals surface area (Å²) in [5, 5.41) is 2.71. The van der Waals surface area contributed by atoms with Crippen molar-refractivity contribution in [3.63, 3.8) is 0 Å². The number of methoxy groups -OCH3 is 1. The van der Waals surface area contributed by atoms with Gasteiger partial charge < -0.3 is 9.15 Å². The Morgan fingerprint density at radius 2 is 1.92 bits per heavy atom. The number of hydrogen-bond acceptors (Lipinski definition) is 7. The van der Waals surface area contributed by atoms with E-state index in [-0.39, 0.29) is 11.0 Å². The summed E-state index contributed by atoms with van der Waals surface area (Å²) in [5.74, 6) is 0.337. The van der Waals surface area contributed by atoms with Gasteiger partial charge in [-0.3, -0.25) is 4.28 Å². The molecule has 24 heavy (non-hydrogen) atoms. The highest BCUT2D eigenvalue weighted by molar-refractivity contribution is 7.85. The first-order valence-electron chi connectivity index (χ1n) is 6.17. The van der Waals surface area contributed by atoms with Crippen LogP contribution in [0.15, 0.2) is 38.6 Å². The van der Waals surface area contributed by atoms with E-state index in [2.05, 4.69) is 9.44 Å². The first-order chi connectivity index (χ1) is 11.0. The van der Waals surface area contributed by atoms with Crippen LogP contribution in [0.4, 0.5) is 13.2 Å². The molecule has 0 fully saturated rings. The number of nitrogens with zero attached hydrogens (tertiary/aromatic N) is 1. The van der Waals surface area contributed by atoms with Crippen molar-refractivity contribution >= 4 is 26.8 Å². The average molecular weight is 365 g/mol. The Morgan fingerprint density at radius 3 is 2.46 bits per heavy atom. The van der Waals surface area contributed by atoms with Gasteiger partial charge in [-0.25, -0.2) is 4.79 Å². The van der Waals surface area contributed by atoms with Crippen LogP contribution in [0.25, 0.3) is 11.0 Å². The van der Waals surface area contributed by atoms with Crippen molar-refractivity contribution in [2.75, 3.05) is 13.4 Å². The molecule has 2 rings (SSSR count). The minimum absolute atomic E-state index is 0.00587. The molecule has 0 amide bonds. The third-order valence-corrected chi connectivity index (χ3v) is 3.08. The van der Waals surface area contributed by atoms with Crippen molar-refractivity contribution in [3.8, 4) is 5.75 Å².